The molecule has 0 unspecified atom stereocenters. The van der Waals surface area contributed by atoms with Gasteiger partial charge in [0.2, 0.25) is 5.82 Å². The van der Waals surface area contributed by atoms with Crippen LogP contribution in [0.2, 0.25) is 0 Å². The predicted molar refractivity (Wildman–Crippen MR) is 170 cm³/mol. The molecule has 0 bridgehead atoms. The fourth-order valence-electron chi connectivity index (χ4n) is 5.82. The molecule has 3 N–H and O–H groups in total. The van der Waals surface area contributed by atoms with Crippen LogP contribution < -0.4 is 5.32 Å². The number of nitrogens with one attached hydrogen (secondary N) is 1. The number of hydrogen-bond acceptors (Lipinski definition) is 6. The van der Waals surface area contributed by atoms with E-state index in [9.17, 15) is 37.0 Å². The first kappa shape index (κ1) is 36.1. The number of nitrogens with zero attached hydrogens (tertiary/aromatic N) is 1. The van der Waals surface area contributed by atoms with Gasteiger partial charge in [-0.15, -0.1) is 0 Å². The Morgan fingerprint density at radius 3 is 1.96 bits per heavy atom. The summed E-state index contributed by atoms with van der Waals surface area (Å²) in [6, 6.07) is 23.2. The quantitative estimate of drug-likeness (QED) is 0.0932. The van der Waals surface area contributed by atoms with E-state index < -0.39 is 59.1 Å². The SMILES string of the molecule is C[C@@H]1[C@H](CN(C)[C@@H](C)[C@H](O)c2ccccc2)O[C@H](c2ccc(CNC(=O)c3c(F)c(F)c(F)c(F)c3F)cc2)O[C@@H]1c1ccc(CO)cc1. The second-order valence-corrected chi connectivity index (χ2v) is 12.2. The Labute approximate surface area is 280 Å². The van der Waals surface area contributed by atoms with Crippen molar-refractivity contribution < 1.29 is 46.4 Å². The van der Waals surface area contributed by atoms with Crippen LogP contribution in [0.1, 0.15) is 70.5 Å². The van der Waals surface area contributed by atoms with Crippen LogP contribution in [0.4, 0.5) is 22.0 Å². The minimum atomic E-state index is -2.35. The lowest BCUT2D eigenvalue weighted by Crippen LogP contribution is -2.46. The van der Waals surface area contributed by atoms with Crippen molar-refractivity contribution in [1.82, 2.24) is 10.2 Å². The molecular weight excluding hydrogens is 647 g/mol. The topological polar surface area (TPSA) is 91.3 Å². The first-order valence-electron chi connectivity index (χ1n) is 15.7. The summed E-state index contributed by atoms with van der Waals surface area (Å²) in [5.74, 6) is -12.8. The molecule has 1 amide bonds. The number of amides is 1. The number of carbonyl (C=O) groups excluding carboxylic acids is 1. The lowest BCUT2D eigenvalue weighted by atomic mass is 9.89. The molecule has 0 saturated carbocycles. The Balaban J connectivity index is 1.33. The van der Waals surface area contributed by atoms with E-state index in [2.05, 4.69) is 5.32 Å². The van der Waals surface area contributed by atoms with Gasteiger partial charge in [0.25, 0.3) is 5.91 Å². The number of likely N-dealkylation sites (N-methyl/N-ethyl adjacent to an activating group) is 1. The van der Waals surface area contributed by atoms with E-state index in [0.717, 1.165) is 16.7 Å². The molecule has 260 valence electrons. The first-order chi connectivity index (χ1) is 23.4. The van der Waals surface area contributed by atoms with Crippen LogP contribution in [-0.2, 0) is 22.6 Å². The monoisotopic (exact) mass is 684 g/mol. The third-order valence-corrected chi connectivity index (χ3v) is 9.03. The molecule has 0 aromatic heterocycles. The number of benzene rings is 4. The van der Waals surface area contributed by atoms with Crippen LogP contribution >= 0.6 is 0 Å². The van der Waals surface area contributed by atoms with Gasteiger partial charge in [0.1, 0.15) is 5.56 Å². The minimum absolute atomic E-state index is 0.101. The molecule has 6 atom stereocenters. The van der Waals surface area contributed by atoms with Crippen LogP contribution in [0.15, 0.2) is 78.9 Å². The molecule has 1 aliphatic rings. The van der Waals surface area contributed by atoms with Crippen molar-refractivity contribution in [3.63, 3.8) is 0 Å². The number of halogens is 5. The Kier molecular flexibility index (Phi) is 11.5. The molecular formula is C37H37F5N2O5. The summed E-state index contributed by atoms with van der Waals surface area (Å²) >= 11 is 0. The van der Waals surface area contributed by atoms with E-state index in [-0.39, 0.29) is 31.2 Å². The van der Waals surface area contributed by atoms with Gasteiger partial charge in [0.15, 0.2) is 29.6 Å². The zero-order valence-corrected chi connectivity index (χ0v) is 27.0. The molecule has 1 aliphatic heterocycles. The zero-order valence-electron chi connectivity index (χ0n) is 27.0. The van der Waals surface area contributed by atoms with E-state index >= 15 is 0 Å². The van der Waals surface area contributed by atoms with Crippen LogP contribution in [0.3, 0.4) is 0 Å². The average Bonchev–Trinajstić information content (AvgIpc) is 3.13. The summed E-state index contributed by atoms with van der Waals surface area (Å²) in [6.45, 7) is 4.05. The fourth-order valence-corrected chi connectivity index (χ4v) is 5.82. The average molecular weight is 685 g/mol. The molecule has 5 rings (SSSR count). The minimum Gasteiger partial charge on any atom is -0.392 e. The third kappa shape index (κ3) is 7.84. The van der Waals surface area contributed by atoms with Gasteiger partial charge in [0.05, 0.1) is 24.9 Å². The van der Waals surface area contributed by atoms with Gasteiger partial charge >= 0.3 is 0 Å². The van der Waals surface area contributed by atoms with E-state index in [1.54, 1.807) is 24.3 Å². The van der Waals surface area contributed by atoms with Crippen molar-refractivity contribution in [1.29, 1.82) is 0 Å². The highest BCUT2D eigenvalue weighted by Crippen LogP contribution is 2.42. The number of ether oxygens (including phenoxy) is 2. The molecule has 0 aliphatic carbocycles. The molecule has 1 fully saturated rings. The molecule has 1 heterocycles. The lowest BCUT2D eigenvalue weighted by Gasteiger charge is -2.43. The number of aliphatic hydroxyl groups excluding tert-OH is 2. The summed E-state index contributed by atoms with van der Waals surface area (Å²) in [4.78, 5) is 14.4. The van der Waals surface area contributed by atoms with Crippen LogP contribution in [0, 0.1) is 35.0 Å². The Bertz CT molecular complexity index is 1710. The Morgan fingerprint density at radius 1 is 0.816 bits per heavy atom. The normalized spacial score (nSPS) is 20.6. The summed E-state index contributed by atoms with van der Waals surface area (Å²) in [7, 11) is 1.91. The van der Waals surface area contributed by atoms with Crippen molar-refractivity contribution in [2.75, 3.05) is 13.6 Å². The highest BCUT2D eigenvalue weighted by atomic mass is 19.2. The van der Waals surface area contributed by atoms with Crippen LogP contribution in [0.5, 0.6) is 0 Å². The molecule has 49 heavy (non-hydrogen) atoms. The second kappa shape index (κ2) is 15.6. The Morgan fingerprint density at radius 2 is 1.37 bits per heavy atom. The summed E-state index contributed by atoms with van der Waals surface area (Å²) in [6.07, 6.45) is -2.32. The van der Waals surface area contributed by atoms with Crippen molar-refractivity contribution >= 4 is 5.91 Å². The first-order valence-corrected chi connectivity index (χ1v) is 15.7. The van der Waals surface area contributed by atoms with Gasteiger partial charge < -0.3 is 25.0 Å². The van der Waals surface area contributed by atoms with Gasteiger partial charge in [-0.2, -0.15) is 0 Å². The highest BCUT2D eigenvalue weighted by molar-refractivity contribution is 5.94. The maximum absolute atomic E-state index is 14.1. The molecule has 7 nitrogen and oxygen atoms in total. The van der Waals surface area contributed by atoms with Crippen molar-refractivity contribution in [3.8, 4) is 0 Å². The smallest absolute Gasteiger partial charge is 0.257 e. The predicted octanol–water partition coefficient (Wildman–Crippen LogP) is 6.65. The maximum Gasteiger partial charge on any atom is 0.257 e. The van der Waals surface area contributed by atoms with Gasteiger partial charge in [-0.05, 0) is 36.2 Å². The maximum atomic E-state index is 14.1. The second-order valence-electron chi connectivity index (χ2n) is 12.2. The third-order valence-electron chi connectivity index (χ3n) is 9.03. The zero-order chi connectivity index (χ0) is 35.4. The van der Waals surface area contributed by atoms with E-state index in [4.69, 9.17) is 9.47 Å². The molecule has 0 radical (unpaired) electrons. The van der Waals surface area contributed by atoms with E-state index in [0.29, 0.717) is 17.7 Å². The fraction of sp³-hybridized carbons (Fsp3) is 0.324. The van der Waals surface area contributed by atoms with Gasteiger partial charge in [-0.1, -0.05) is 85.8 Å². The van der Waals surface area contributed by atoms with Gasteiger partial charge in [-0.25, -0.2) is 22.0 Å². The Hall–Kier alpha value is -4.20. The van der Waals surface area contributed by atoms with Gasteiger partial charge in [0, 0.05) is 30.6 Å². The summed E-state index contributed by atoms with van der Waals surface area (Å²) < 4.78 is 81.8. The molecule has 12 heteroatoms. The van der Waals surface area contributed by atoms with Crippen molar-refractivity contribution in [2.24, 2.45) is 5.92 Å². The summed E-state index contributed by atoms with van der Waals surface area (Å²) in [5.41, 5.74) is 1.97. The highest BCUT2D eigenvalue weighted by Gasteiger charge is 2.39. The van der Waals surface area contributed by atoms with Gasteiger partial charge in [-0.3, -0.25) is 9.69 Å². The standard InChI is InChI=1S/C37H37F5N2O5/c1-20-27(18-44(3)21(2)34(46)24-7-5-4-6-8-24)48-37(49-35(20)25-13-11-23(19-45)12-14-25)26-15-9-22(10-16-26)17-43-36(47)28-29(38)31(40)33(42)32(41)30(28)39/h4-16,20-21,27,34-35,37,45-46H,17-19H2,1-3H3,(H,43,47)/t20-,21+,27+,34+,35+,37+/m1/s1. The lowest BCUT2D eigenvalue weighted by molar-refractivity contribution is -0.276. The molecule has 4 aromatic rings. The van der Waals surface area contributed by atoms with E-state index in [1.165, 1.54) is 0 Å². The molecule has 1 saturated heterocycles. The number of aliphatic hydroxyl groups is 2. The molecule has 4 aromatic carbocycles. The van der Waals surface area contributed by atoms with Crippen molar-refractivity contribution in [3.05, 3.63) is 141 Å². The number of rotatable bonds is 11. The van der Waals surface area contributed by atoms with Crippen molar-refractivity contribution in [2.45, 2.75) is 57.6 Å². The van der Waals surface area contributed by atoms with E-state index in [1.807, 2.05) is 80.4 Å². The largest absolute Gasteiger partial charge is 0.392 e. The number of carbonyl (C=O) groups is 1. The van der Waals surface area contributed by atoms with Crippen LogP contribution in [-0.4, -0.2) is 46.8 Å². The summed E-state index contributed by atoms with van der Waals surface area (Å²) in [5, 5.41) is 22.8. The van der Waals surface area contributed by atoms with Crippen LogP contribution in [0.25, 0.3) is 0 Å². The molecule has 0 spiro atoms. The number of hydrogen-bond donors (Lipinski definition) is 3.